The highest BCUT2D eigenvalue weighted by Gasteiger charge is 2.32. The van der Waals surface area contributed by atoms with E-state index in [2.05, 4.69) is 25.6 Å². The Hall–Kier alpha value is -1.35. The van der Waals surface area contributed by atoms with Crippen molar-refractivity contribution < 1.29 is 13.2 Å². The van der Waals surface area contributed by atoms with E-state index in [9.17, 15) is 13.2 Å². The molecule has 0 unspecified atom stereocenters. The fourth-order valence-corrected chi connectivity index (χ4v) is 2.36. The van der Waals surface area contributed by atoms with Gasteiger partial charge < -0.3 is 10.6 Å². The first kappa shape index (κ1) is 18.4. The molecule has 0 aliphatic carbocycles. The number of hydrogen-bond acceptors (Lipinski definition) is 5. The summed E-state index contributed by atoms with van der Waals surface area (Å²) in [7, 11) is 0. The first-order valence-corrected chi connectivity index (χ1v) is 8.24. The van der Waals surface area contributed by atoms with Crippen LogP contribution in [0.25, 0.3) is 11.4 Å². The predicted molar refractivity (Wildman–Crippen MR) is 89.8 cm³/mol. The summed E-state index contributed by atoms with van der Waals surface area (Å²) < 4.78 is 36.8. The Morgan fingerprint density at radius 1 is 1.08 bits per heavy atom. The molecule has 0 spiro atoms. The van der Waals surface area contributed by atoms with Crippen molar-refractivity contribution in [1.82, 2.24) is 20.3 Å². The Morgan fingerprint density at radius 3 is 2.36 bits per heavy atom. The van der Waals surface area contributed by atoms with Gasteiger partial charge in [-0.25, -0.2) is 4.98 Å². The SMILES string of the molecule is FC(F)(F)c1cccc(-c2nc(NC3CNC3)nc(C(Cl)(Cl)Cl)n2)c1. The molecule has 1 saturated heterocycles. The molecule has 0 saturated carbocycles. The zero-order chi connectivity index (χ0) is 18.2. The lowest BCUT2D eigenvalue weighted by Crippen LogP contribution is -2.51. The minimum Gasteiger partial charge on any atom is -0.349 e. The molecule has 1 fully saturated rings. The van der Waals surface area contributed by atoms with Gasteiger partial charge in [0.2, 0.25) is 9.74 Å². The maximum Gasteiger partial charge on any atom is 0.416 e. The van der Waals surface area contributed by atoms with Gasteiger partial charge in [0.15, 0.2) is 11.6 Å². The van der Waals surface area contributed by atoms with E-state index < -0.39 is 15.5 Å². The van der Waals surface area contributed by atoms with Crippen LogP contribution in [0.2, 0.25) is 0 Å². The summed E-state index contributed by atoms with van der Waals surface area (Å²) in [6, 6.07) is 4.69. The molecule has 11 heteroatoms. The Balaban J connectivity index is 2.03. The van der Waals surface area contributed by atoms with E-state index in [1.807, 2.05) is 0 Å². The van der Waals surface area contributed by atoms with E-state index in [-0.39, 0.29) is 29.2 Å². The molecule has 0 amide bonds. The van der Waals surface area contributed by atoms with Crippen molar-refractivity contribution >= 4 is 40.8 Å². The van der Waals surface area contributed by atoms with Gasteiger partial charge in [-0.1, -0.05) is 46.9 Å². The Morgan fingerprint density at radius 2 is 1.80 bits per heavy atom. The van der Waals surface area contributed by atoms with Crippen LogP contribution in [0, 0.1) is 0 Å². The summed E-state index contributed by atoms with van der Waals surface area (Å²) in [4.78, 5) is 12.2. The van der Waals surface area contributed by atoms with Crippen LogP contribution in [-0.2, 0) is 9.97 Å². The molecule has 2 heterocycles. The second-order valence-corrected chi connectivity index (χ2v) is 7.66. The molecule has 2 aromatic rings. The molecule has 134 valence electrons. The lowest BCUT2D eigenvalue weighted by Gasteiger charge is -2.28. The lowest BCUT2D eigenvalue weighted by molar-refractivity contribution is -0.137. The van der Waals surface area contributed by atoms with Gasteiger partial charge in [-0.05, 0) is 12.1 Å². The number of nitrogens with zero attached hydrogens (tertiary/aromatic N) is 3. The summed E-state index contributed by atoms with van der Waals surface area (Å²) in [5, 5.41) is 6.08. The number of benzene rings is 1. The largest absolute Gasteiger partial charge is 0.416 e. The number of rotatable bonds is 3. The van der Waals surface area contributed by atoms with Crippen molar-refractivity contribution in [2.24, 2.45) is 0 Å². The molecule has 3 rings (SSSR count). The number of halogens is 6. The highest BCUT2D eigenvalue weighted by Crippen LogP contribution is 2.37. The number of hydrogen-bond donors (Lipinski definition) is 2. The highest BCUT2D eigenvalue weighted by atomic mass is 35.6. The number of aromatic nitrogens is 3. The third-order valence-electron chi connectivity index (χ3n) is 3.45. The van der Waals surface area contributed by atoms with E-state index >= 15 is 0 Å². The Labute approximate surface area is 155 Å². The topological polar surface area (TPSA) is 62.7 Å². The summed E-state index contributed by atoms with van der Waals surface area (Å²) in [6.07, 6.45) is -4.49. The normalized spacial score (nSPS) is 15.8. The molecule has 0 bridgehead atoms. The summed E-state index contributed by atoms with van der Waals surface area (Å²) >= 11 is 17.5. The highest BCUT2D eigenvalue weighted by molar-refractivity contribution is 6.66. The molecule has 1 aromatic heterocycles. The van der Waals surface area contributed by atoms with Crippen LogP contribution in [-0.4, -0.2) is 34.1 Å². The zero-order valence-electron chi connectivity index (χ0n) is 12.4. The van der Waals surface area contributed by atoms with Crippen LogP contribution in [0.1, 0.15) is 11.4 Å². The van der Waals surface area contributed by atoms with Gasteiger partial charge in [0.25, 0.3) is 0 Å². The quantitative estimate of drug-likeness (QED) is 0.752. The molecule has 0 radical (unpaired) electrons. The van der Waals surface area contributed by atoms with Crippen molar-refractivity contribution in [1.29, 1.82) is 0 Å². The fraction of sp³-hybridized carbons (Fsp3) is 0.357. The van der Waals surface area contributed by atoms with Crippen LogP contribution in [0.5, 0.6) is 0 Å². The molecule has 5 nitrogen and oxygen atoms in total. The first-order valence-electron chi connectivity index (χ1n) is 7.11. The summed E-state index contributed by atoms with van der Waals surface area (Å²) in [5.41, 5.74) is -0.680. The minimum absolute atomic E-state index is 0.0165. The molecule has 0 atom stereocenters. The van der Waals surface area contributed by atoms with E-state index in [0.29, 0.717) is 13.1 Å². The Bertz CT molecular complexity index is 775. The fourth-order valence-electron chi connectivity index (χ4n) is 2.10. The van der Waals surface area contributed by atoms with Crippen LogP contribution < -0.4 is 10.6 Å². The van der Waals surface area contributed by atoms with Crippen molar-refractivity contribution in [2.75, 3.05) is 18.4 Å². The average molecular weight is 413 g/mol. The number of anilines is 1. The van der Waals surface area contributed by atoms with Crippen LogP contribution in [0.15, 0.2) is 24.3 Å². The zero-order valence-corrected chi connectivity index (χ0v) is 14.7. The van der Waals surface area contributed by atoms with E-state index in [0.717, 1.165) is 12.1 Å². The van der Waals surface area contributed by atoms with Crippen molar-refractivity contribution in [3.8, 4) is 11.4 Å². The Kier molecular flexibility index (Phi) is 4.98. The van der Waals surface area contributed by atoms with Crippen LogP contribution in [0.3, 0.4) is 0 Å². The van der Waals surface area contributed by atoms with Gasteiger partial charge in [-0.3, -0.25) is 0 Å². The number of alkyl halides is 6. The third-order valence-corrected chi connectivity index (χ3v) is 3.96. The maximum absolute atomic E-state index is 12.9. The standard InChI is InChI=1S/C14H11Cl3F3N5/c15-13(16,17)11-23-10(24-12(25-11)22-9-5-21-6-9)7-2-1-3-8(4-7)14(18,19)20/h1-4,9,21H,5-6H2,(H,22,23,24,25). The molecule has 25 heavy (non-hydrogen) atoms. The molecule has 1 aliphatic rings. The van der Waals surface area contributed by atoms with Gasteiger partial charge >= 0.3 is 6.18 Å². The monoisotopic (exact) mass is 411 g/mol. The predicted octanol–water partition coefficient (Wildman–Crippen LogP) is 3.77. The van der Waals surface area contributed by atoms with E-state index in [1.165, 1.54) is 12.1 Å². The van der Waals surface area contributed by atoms with Gasteiger partial charge in [-0.2, -0.15) is 23.1 Å². The van der Waals surface area contributed by atoms with Crippen LogP contribution >= 0.6 is 34.8 Å². The van der Waals surface area contributed by atoms with Gasteiger partial charge in [0, 0.05) is 18.7 Å². The maximum atomic E-state index is 12.9. The van der Waals surface area contributed by atoms with Crippen LogP contribution in [0.4, 0.5) is 19.1 Å². The van der Waals surface area contributed by atoms with Gasteiger partial charge in [-0.15, -0.1) is 0 Å². The molecule has 1 aliphatic heterocycles. The van der Waals surface area contributed by atoms with Crippen molar-refractivity contribution in [3.63, 3.8) is 0 Å². The molecular weight excluding hydrogens is 402 g/mol. The third kappa shape index (κ3) is 4.44. The van der Waals surface area contributed by atoms with Gasteiger partial charge in [0.1, 0.15) is 0 Å². The second-order valence-electron chi connectivity index (χ2n) is 5.38. The first-order chi connectivity index (χ1) is 11.6. The minimum atomic E-state index is -4.49. The van der Waals surface area contributed by atoms with Crippen molar-refractivity contribution in [2.45, 2.75) is 16.0 Å². The smallest absolute Gasteiger partial charge is 0.349 e. The molecule has 2 N–H and O–H groups in total. The van der Waals surface area contributed by atoms with Gasteiger partial charge in [0.05, 0.1) is 11.6 Å². The molecule has 1 aromatic carbocycles. The lowest BCUT2D eigenvalue weighted by atomic mass is 10.1. The summed E-state index contributed by atoms with van der Waals surface area (Å²) in [5.74, 6) is -0.0536. The average Bonchev–Trinajstić information content (AvgIpc) is 2.49. The van der Waals surface area contributed by atoms with Crippen molar-refractivity contribution in [3.05, 3.63) is 35.7 Å². The second kappa shape index (κ2) is 6.75. The van der Waals surface area contributed by atoms with E-state index in [4.69, 9.17) is 34.8 Å². The molecular formula is C14H11Cl3F3N5. The van der Waals surface area contributed by atoms with E-state index in [1.54, 1.807) is 0 Å². The number of nitrogens with one attached hydrogen (secondary N) is 2. The summed E-state index contributed by atoms with van der Waals surface area (Å²) in [6.45, 7) is 1.40.